The zero-order valence-corrected chi connectivity index (χ0v) is 18.0. The first-order chi connectivity index (χ1) is 16.6. The van der Waals surface area contributed by atoms with E-state index in [0.29, 0.717) is 22.6 Å². The molecule has 0 bridgehead atoms. The minimum atomic E-state index is -0.378. The van der Waals surface area contributed by atoms with E-state index in [4.69, 9.17) is 10.5 Å². The van der Waals surface area contributed by atoms with E-state index in [1.165, 1.54) is 19.2 Å². The van der Waals surface area contributed by atoms with Crippen LogP contribution in [0.1, 0.15) is 0 Å². The molecule has 0 saturated carbocycles. The number of fused-ring (bicyclic) bond motifs is 2. The minimum Gasteiger partial charge on any atom is -0.497 e. The van der Waals surface area contributed by atoms with Gasteiger partial charge in [0.2, 0.25) is 0 Å². The summed E-state index contributed by atoms with van der Waals surface area (Å²) in [4.78, 5) is 16.4. The molecule has 0 spiro atoms. The van der Waals surface area contributed by atoms with Crippen LogP contribution in [0.2, 0.25) is 0 Å². The van der Waals surface area contributed by atoms with Gasteiger partial charge >= 0.3 is 0 Å². The second-order valence-electron chi connectivity index (χ2n) is 7.91. The van der Waals surface area contributed by atoms with E-state index in [9.17, 15) is 4.39 Å². The highest BCUT2D eigenvalue weighted by atomic mass is 19.1. The van der Waals surface area contributed by atoms with Gasteiger partial charge < -0.3 is 15.5 Å². The first-order valence-electron chi connectivity index (χ1n) is 10.5. The monoisotopic (exact) mass is 451 g/mol. The molecular weight excluding hydrogens is 433 g/mol. The molecule has 0 amide bonds. The lowest BCUT2D eigenvalue weighted by atomic mass is 10.0. The van der Waals surface area contributed by atoms with Crippen molar-refractivity contribution in [1.29, 1.82) is 0 Å². The number of rotatable bonds is 4. The molecule has 0 unspecified atom stereocenters. The summed E-state index contributed by atoms with van der Waals surface area (Å²) in [6.07, 6.45) is 8.54. The zero-order chi connectivity index (χ0) is 23.2. The molecule has 0 saturated heterocycles. The molecule has 0 atom stereocenters. The maximum absolute atomic E-state index is 14.2. The Morgan fingerprint density at radius 3 is 2.56 bits per heavy atom. The van der Waals surface area contributed by atoms with Crippen molar-refractivity contribution in [2.75, 3.05) is 12.8 Å². The molecule has 166 valence electrons. The average Bonchev–Trinajstić information content (AvgIpc) is 3.47. The molecule has 0 aliphatic heterocycles. The number of anilines is 1. The van der Waals surface area contributed by atoms with Gasteiger partial charge in [-0.25, -0.2) is 9.37 Å². The molecular formula is C25H18FN7O. The lowest BCUT2D eigenvalue weighted by Crippen LogP contribution is -1.88. The molecule has 1 aromatic carbocycles. The molecule has 5 heterocycles. The SMILES string of the molecule is COc1cc(F)cc(-c2cncc3[nH]c(-c4[nH]nc5ncc(-c6cncc(N)c6)cc45)cc23)c1. The molecule has 0 aliphatic rings. The second-order valence-corrected chi connectivity index (χ2v) is 7.91. The second kappa shape index (κ2) is 7.66. The molecule has 34 heavy (non-hydrogen) atoms. The normalized spacial score (nSPS) is 11.4. The zero-order valence-electron chi connectivity index (χ0n) is 18.0. The number of hydrogen-bond donors (Lipinski definition) is 3. The first kappa shape index (κ1) is 19.9. The number of benzene rings is 1. The Bertz CT molecular complexity index is 1690. The molecule has 6 rings (SSSR count). The van der Waals surface area contributed by atoms with Crippen molar-refractivity contribution in [3.63, 3.8) is 0 Å². The summed E-state index contributed by atoms with van der Waals surface area (Å²) >= 11 is 0. The van der Waals surface area contributed by atoms with Crippen molar-refractivity contribution < 1.29 is 9.13 Å². The number of hydrogen-bond acceptors (Lipinski definition) is 6. The number of H-pyrrole nitrogens is 2. The molecule has 6 aromatic rings. The molecule has 0 fully saturated rings. The van der Waals surface area contributed by atoms with Crippen molar-refractivity contribution in [2.24, 2.45) is 0 Å². The van der Waals surface area contributed by atoms with Gasteiger partial charge in [-0.2, -0.15) is 5.10 Å². The number of pyridine rings is 3. The fourth-order valence-corrected chi connectivity index (χ4v) is 4.13. The van der Waals surface area contributed by atoms with E-state index in [1.807, 2.05) is 18.2 Å². The lowest BCUT2D eigenvalue weighted by Gasteiger charge is -2.06. The summed E-state index contributed by atoms with van der Waals surface area (Å²) in [5, 5.41) is 9.17. The number of nitrogens with one attached hydrogen (secondary N) is 2. The smallest absolute Gasteiger partial charge is 0.181 e. The lowest BCUT2D eigenvalue weighted by molar-refractivity contribution is 0.411. The van der Waals surface area contributed by atoms with Crippen molar-refractivity contribution in [2.45, 2.75) is 0 Å². The van der Waals surface area contributed by atoms with E-state index < -0.39 is 0 Å². The van der Waals surface area contributed by atoms with Crippen LogP contribution in [0.4, 0.5) is 10.1 Å². The predicted octanol–water partition coefficient (Wildman–Crippen LogP) is 4.96. The molecule has 0 radical (unpaired) electrons. The maximum atomic E-state index is 14.2. The summed E-state index contributed by atoms with van der Waals surface area (Å²) in [6, 6.07) is 10.4. The third-order valence-electron chi connectivity index (χ3n) is 5.74. The Hall–Kier alpha value is -4.79. The van der Waals surface area contributed by atoms with Gasteiger partial charge in [0.25, 0.3) is 0 Å². The third-order valence-corrected chi connectivity index (χ3v) is 5.74. The fourth-order valence-electron chi connectivity index (χ4n) is 4.13. The quantitative estimate of drug-likeness (QED) is 0.349. The van der Waals surface area contributed by atoms with Gasteiger partial charge in [-0.05, 0) is 35.9 Å². The minimum absolute atomic E-state index is 0.378. The van der Waals surface area contributed by atoms with Crippen LogP contribution in [0.3, 0.4) is 0 Å². The molecule has 8 nitrogen and oxygen atoms in total. The Labute approximate surface area is 192 Å². The fraction of sp³-hybridized carbons (Fsp3) is 0.0400. The number of halogens is 1. The number of nitrogens with zero attached hydrogens (tertiary/aromatic N) is 4. The third kappa shape index (κ3) is 3.30. The van der Waals surface area contributed by atoms with E-state index in [2.05, 4.69) is 30.1 Å². The number of nitrogens with two attached hydrogens (primary N) is 1. The van der Waals surface area contributed by atoms with Crippen molar-refractivity contribution in [3.8, 4) is 39.4 Å². The average molecular weight is 451 g/mol. The van der Waals surface area contributed by atoms with Gasteiger partial charge in [-0.3, -0.25) is 15.1 Å². The Morgan fingerprint density at radius 2 is 1.71 bits per heavy atom. The largest absolute Gasteiger partial charge is 0.497 e. The van der Waals surface area contributed by atoms with Crippen LogP contribution >= 0.6 is 0 Å². The van der Waals surface area contributed by atoms with Gasteiger partial charge in [-0.15, -0.1) is 0 Å². The standard InChI is InChI=1S/C25H18FN7O/c1-34-18-4-13(2-16(26)6-18)21-11-29-12-23-19(21)7-22(31-23)24-20-5-15(9-30-25(20)33-32-24)14-3-17(27)10-28-8-14/h2-12,31H,27H2,1H3,(H,30,32,33). The number of ether oxygens (including phenoxy) is 1. The molecule has 0 aliphatic carbocycles. The van der Waals surface area contributed by atoms with Gasteiger partial charge in [0.15, 0.2) is 5.65 Å². The van der Waals surface area contributed by atoms with Crippen LogP contribution in [0.15, 0.2) is 67.4 Å². The van der Waals surface area contributed by atoms with Gasteiger partial charge in [0, 0.05) is 58.3 Å². The summed E-state index contributed by atoms with van der Waals surface area (Å²) in [6.45, 7) is 0. The van der Waals surface area contributed by atoms with E-state index in [0.717, 1.165) is 44.4 Å². The highest BCUT2D eigenvalue weighted by Gasteiger charge is 2.16. The summed E-state index contributed by atoms with van der Waals surface area (Å²) in [5.41, 5.74) is 12.7. The summed E-state index contributed by atoms with van der Waals surface area (Å²) in [7, 11) is 1.51. The van der Waals surface area contributed by atoms with Crippen LogP contribution in [0.25, 0.3) is 55.6 Å². The van der Waals surface area contributed by atoms with E-state index in [-0.39, 0.29) is 5.82 Å². The van der Waals surface area contributed by atoms with Crippen molar-refractivity contribution >= 4 is 27.6 Å². The van der Waals surface area contributed by atoms with Gasteiger partial charge in [0.1, 0.15) is 11.6 Å². The Balaban J connectivity index is 1.50. The maximum Gasteiger partial charge on any atom is 0.181 e. The highest BCUT2D eigenvalue weighted by Crippen LogP contribution is 2.35. The predicted molar refractivity (Wildman–Crippen MR) is 129 cm³/mol. The molecule has 9 heteroatoms. The van der Waals surface area contributed by atoms with Crippen molar-refractivity contribution in [3.05, 3.63) is 73.2 Å². The molecule has 5 aromatic heterocycles. The van der Waals surface area contributed by atoms with Gasteiger partial charge in [-0.1, -0.05) is 0 Å². The first-order valence-corrected chi connectivity index (χ1v) is 10.5. The van der Waals surface area contributed by atoms with Gasteiger partial charge in [0.05, 0.1) is 35.9 Å². The van der Waals surface area contributed by atoms with Crippen LogP contribution < -0.4 is 10.5 Å². The van der Waals surface area contributed by atoms with Crippen LogP contribution in [0, 0.1) is 5.82 Å². The molecule has 4 N–H and O–H groups in total. The van der Waals surface area contributed by atoms with Crippen molar-refractivity contribution in [1.82, 2.24) is 30.1 Å². The summed E-state index contributed by atoms with van der Waals surface area (Å²) in [5.74, 6) is 0.0632. The van der Waals surface area contributed by atoms with Crippen LogP contribution in [-0.2, 0) is 0 Å². The number of aromatic nitrogens is 6. The topological polar surface area (TPSA) is 118 Å². The highest BCUT2D eigenvalue weighted by molar-refractivity contribution is 6.00. The number of nitrogen functional groups attached to an aromatic ring is 1. The number of methoxy groups -OCH3 is 1. The Morgan fingerprint density at radius 1 is 0.853 bits per heavy atom. The van der Waals surface area contributed by atoms with Crippen LogP contribution in [-0.4, -0.2) is 37.2 Å². The van der Waals surface area contributed by atoms with E-state index in [1.54, 1.807) is 37.1 Å². The summed E-state index contributed by atoms with van der Waals surface area (Å²) < 4.78 is 19.4. The Kier molecular flexibility index (Phi) is 4.48. The van der Waals surface area contributed by atoms with E-state index >= 15 is 0 Å². The van der Waals surface area contributed by atoms with Crippen LogP contribution in [0.5, 0.6) is 5.75 Å². The number of aromatic amines is 2.